The highest BCUT2D eigenvalue weighted by atomic mass is 32.2. The maximum absolute atomic E-state index is 13.2. The standard InChI is InChI=1S/C17H23FN4OS2/c1-11(2)7-8-12(3)19-15(23)10-24-17-22-21-16(25-17)20-14-6-4-5-13(18)9-14/h4-6,9,11-12H,7-8,10H2,1-3H3,(H,19,23)(H,20,21)/t12-/m1/s1. The van der Waals surface area contributed by atoms with Gasteiger partial charge in [-0.05, 0) is 43.9 Å². The van der Waals surface area contributed by atoms with Crippen molar-refractivity contribution < 1.29 is 9.18 Å². The van der Waals surface area contributed by atoms with Crippen LogP contribution in [0.15, 0.2) is 28.6 Å². The second-order valence-electron chi connectivity index (χ2n) is 6.24. The van der Waals surface area contributed by atoms with Gasteiger partial charge in [-0.2, -0.15) is 0 Å². The first-order valence-corrected chi connectivity index (χ1v) is 10.0. The Bertz CT molecular complexity index is 693. The topological polar surface area (TPSA) is 66.9 Å². The SMILES string of the molecule is CC(C)CC[C@@H](C)NC(=O)CSc1nnc(Nc2cccc(F)c2)s1. The summed E-state index contributed by atoms with van der Waals surface area (Å²) in [6.07, 6.45) is 2.08. The summed E-state index contributed by atoms with van der Waals surface area (Å²) in [6.45, 7) is 6.38. The summed E-state index contributed by atoms with van der Waals surface area (Å²) < 4.78 is 13.9. The molecule has 0 saturated heterocycles. The Labute approximate surface area is 155 Å². The molecule has 8 heteroatoms. The number of rotatable bonds is 9. The number of benzene rings is 1. The van der Waals surface area contributed by atoms with Gasteiger partial charge in [0.1, 0.15) is 5.82 Å². The molecule has 1 heterocycles. The van der Waals surface area contributed by atoms with E-state index in [2.05, 4.69) is 34.7 Å². The van der Waals surface area contributed by atoms with E-state index in [0.717, 1.165) is 12.8 Å². The molecule has 0 aliphatic carbocycles. The molecule has 2 rings (SSSR count). The van der Waals surface area contributed by atoms with Crippen LogP contribution in [-0.2, 0) is 4.79 Å². The van der Waals surface area contributed by atoms with Crippen molar-refractivity contribution in [1.82, 2.24) is 15.5 Å². The smallest absolute Gasteiger partial charge is 0.230 e. The Hall–Kier alpha value is -1.67. The van der Waals surface area contributed by atoms with Crippen LogP contribution in [0.4, 0.5) is 15.2 Å². The molecule has 0 bridgehead atoms. The van der Waals surface area contributed by atoms with E-state index in [1.54, 1.807) is 12.1 Å². The average molecular weight is 383 g/mol. The molecule has 5 nitrogen and oxygen atoms in total. The van der Waals surface area contributed by atoms with E-state index in [1.807, 2.05) is 6.92 Å². The molecule has 0 saturated carbocycles. The van der Waals surface area contributed by atoms with Crippen LogP contribution in [0.2, 0.25) is 0 Å². The molecule has 0 unspecified atom stereocenters. The number of hydrogen-bond acceptors (Lipinski definition) is 6. The molecule has 2 N–H and O–H groups in total. The van der Waals surface area contributed by atoms with Crippen molar-refractivity contribution >= 4 is 39.8 Å². The summed E-state index contributed by atoms with van der Waals surface area (Å²) in [5.41, 5.74) is 0.615. The number of carbonyl (C=O) groups is 1. The number of hydrogen-bond donors (Lipinski definition) is 2. The molecule has 1 aromatic carbocycles. The summed E-state index contributed by atoms with van der Waals surface area (Å²) in [5, 5.41) is 14.6. The highest BCUT2D eigenvalue weighted by Crippen LogP contribution is 2.27. The molecule has 0 radical (unpaired) electrons. The minimum atomic E-state index is -0.313. The summed E-state index contributed by atoms with van der Waals surface area (Å²) in [4.78, 5) is 12.0. The molecule has 1 atom stereocenters. The predicted molar refractivity (Wildman–Crippen MR) is 102 cm³/mol. The van der Waals surface area contributed by atoms with Gasteiger partial charge in [0.25, 0.3) is 0 Å². The molecule has 0 spiro atoms. The van der Waals surface area contributed by atoms with Crippen molar-refractivity contribution in [2.24, 2.45) is 5.92 Å². The number of halogens is 1. The Morgan fingerprint density at radius 2 is 2.08 bits per heavy atom. The van der Waals surface area contributed by atoms with Gasteiger partial charge in [-0.1, -0.05) is 43.0 Å². The molecule has 0 aliphatic rings. The Balaban J connectivity index is 1.76. The lowest BCUT2D eigenvalue weighted by Crippen LogP contribution is -2.33. The molecule has 0 fully saturated rings. The van der Waals surface area contributed by atoms with Crippen LogP contribution >= 0.6 is 23.1 Å². The van der Waals surface area contributed by atoms with E-state index in [9.17, 15) is 9.18 Å². The molecule has 1 amide bonds. The van der Waals surface area contributed by atoms with Crippen molar-refractivity contribution in [2.45, 2.75) is 44.0 Å². The van der Waals surface area contributed by atoms with E-state index >= 15 is 0 Å². The fourth-order valence-corrected chi connectivity index (χ4v) is 3.69. The molecular weight excluding hydrogens is 359 g/mol. The van der Waals surface area contributed by atoms with Crippen molar-refractivity contribution in [2.75, 3.05) is 11.1 Å². The fourth-order valence-electron chi connectivity index (χ4n) is 2.11. The lowest BCUT2D eigenvalue weighted by molar-refractivity contribution is -0.119. The zero-order valence-corrected chi connectivity index (χ0v) is 16.2. The molecule has 136 valence electrons. The maximum atomic E-state index is 13.2. The lowest BCUT2D eigenvalue weighted by Gasteiger charge is -2.14. The number of thioether (sulfide) groups is 1. The monoisotopic (exact) mass is 382 g/mol. The largest absolute Gasteiger partial charge is 0.353 e. The normalized spacial score (nSPS) is 12.2. The first-order valence-electron chi connectivity index (χ1n) is 8.20. The van der Waals surface area contributed by atoms with Crippen LogP contribution in [0.3, 0.4) is 0 Å². The zero-order chi connectivity index (χ0) is 18.2. The molecular formula is C17H23FN4OS2. The number of carbonyl (C=O) groups excluding carboxylic acids is 1. The van der Waals surface area contributed by atoms with Crippen molar-refractivity contribution in [3.05, 3.63) is 30.1 Å². The second-order valence-corrected chi connectivity index (χ2v) is 8.44. The van der Waals surface area contributed by atoms with Crippen molar-refractivity contribution in [3.63, 3.8) is 0 Å². The van der Waals surface area contributed by atoms with E-state index in [0.29, 0.717) is 26.8 Å². The summed E-state index contributed by atoms with van der Waals surface area (Å²) in [5.74, 6) is 0.628. The van der Waals surface area contributed by atoms with Gasteiger partial charge in [0, 0.05) is 11.7 Å². The van der Waals surface area contributed by atoms with Gasteiger partial charge in [0.15, 0.2) is 4.34 Å². The minimum absolute atomic E-state index is 0.00362. The van der Waals surface area contributed by atoms with Gasteiger partial charge < -0.3 is 10.6 Å². The molecule has 2 aromatic rings. The minimum Gasteiger partial charge on any atom is -0.353 e. The van der Waals surface area contributed by atoms with Crippen molar-refractivity contribution in [3.8, 4) is 0 Å². The van der Waals surface area contributed by atoms with Gasteiger partial charge in [0.05, 0.1) is 5.75 Å². The van der Waals surface area contributed by atoms with Crippen LogP contribution in [0, 0.1) is 11.7 Å². The third kappa shape index (κ3) is 7.39. The maximum Gasteiger partial charge on any atom is 0.230 e. The highest BCUT2D eigenvalue weighted by molar-refractivity contribution is 8.01. The number of nitrogens with one attached hydrogen (secondary N) is 2. The van der Waals surface area contributed by atoms with Gasteiger partial charge in [-0.25, -0.2) is 4.39 Å². The van der Waals surface area contributed by atoms with Gasteiger partial charge >= 0.3 is 0 Å². The van der Waals surface area contributed by atoms with Gasteiger partial charge in [0.2, 0.25) is 11.0 Å². The number of amides is 1. The Morgan fingerprint density at radius 1 is 1.28 bits per heavy atom. The van der Waals surface area contributed by atoms with Gasteiger partial charge in [-0.15, -0.1) is 10.2 Å². The summed E-state index contributed by atoms with van der Waals surface area (Å²) in [7, 11) is 0. The number of nitrogens with zero attached hydrogens (tertiary/aromatic N) is 2. The first kappa shape index (κ1) is 19.7. The van der Waals surface area contributed by atoms with Crippen LogP contribution in [0.5, 0.6) is 0 Å². The zero-order valence-electron chi connectivity index (χ0n) is 14.6. The first-order chi connectivity index (χ1) is 11.9. The van der Waals surface area contributed by atoms with Crippen LogP contribution in [-0.4, -0.2) is 27.9 Å². The predicted octanol–water partition coefficient (Wildman–Crippen LogP) is 4.45. The number of aromatic nitrogens is 2. The van der Waals surface area contributed by atoms with Crippen molar-refractivity contribution in [1.29, 1.82) is 0 Å². The Morgan fingerprint density at radius 3 is 2.80 bits per heavy atom. The third-order valence-corrected chi connectivity index (χ3v) is 5.37. The lowest BCUT2D eigenvalue weighted by atomic mass is 10.0. The fraction of sp³-hybridized carbons (Fsp3) is 0.471. The van der Waals surface area contributed by atoms with Gasteiger partial charge in [-0.3, -0.25) is 4.79 Å². The van der Waals surface area contributed by atoms with E-state index in [4.69, 9.17) is 0 Å². The van der Waals surface area contributed by atoms with E-state index in [-0.39, 0.29) is 17.8 Å². The number of anilines is 2. The van der Waals surface area contributed by atoms with Crippen LogP contribution in [0.1, 0.15) is 33.6 Å². The molecule has 0 aliphatic heterocycles. The van der Waals surface area contributed by atoms with E-state index in [1.165, 1.54) is 35.2 Å². The Kier molecular flexibility index (Phi) is 7.64. The molecule has 1 aromatic heterocycles. The highest BCUT2D eigenvalue weighted by Gasteiger charge is 2.11. The second kappa shape index (κ2) is 9.72. The average Bonchev–Trinajstić information content (AvgIpc) is 2.98. The van der Waals surface area contributed by atoms with E-state index < -0.39 is 0 Å². The van der Waals surface area contributed by atoms with Crippen LogP contribution in [0.25, 0.3) is 0 Å². The summed E-state index contributed by atoms with van der Waals surface area (Å²) in [6, 6.07) is 6.32. The molecule has 25 heavy (non-hydrogen) atoms. The quantitative estimate of drug-likeness (QED) is 0.627. The van der Waals surface area contributed by atoms with Crippen LogP contribution < -0.4 is 10.6 Å². The summed E-state index contributed by atoms with van der Waals surface area (Å²) >= 11 is 2.68. The third-order valence-electron chi connectivity index (χ3n) is 3.39.